The SMILES string of the molecule is CC.CCN1CC2OCCOC2C1. The van der Waals surface area contributed by atoms with Crippen LogP contribution in [-0.4, -0.2) is 50.0 Å². The van der Waals surface area contributed by atoms with Crippen molar-refractivity contribution in [3.8, 4) is 0 Å². The van der Waals surface area contributed by atoms with Crippen LogP contribution in [0, 0.1) is 0 Å². The average molecular weight is 187 g/mol. The third-order valence-corrected chi connectivity index (χ3v) is 2.49. The van der Waals surface area contributed by atoms with Gasteiger partial charge in [0.25, 0.3) is 0 Å². The second-order valence-corrected chi connectivity index (χ2v) is 3.17. The van der Waals surface area contributed by atoms with Crippen molar-refractivity contribution in [2.45, 2.75) is 33.0 Å². The Hall–Kier alpha value is -0.120. The maximum absolute atomic E-state index is 5.57. The fraction of sp³-hybridized carbons (Fsp3) is 1.00. The predicted molar refractivity (Wildman–Crippen MR) is 52.9 cm³/mol. The Bertz CT molecular complexity index is 127. The minimum atomic E-state index is 0.351. The molecule has 0 N–H and O–H groups in total. The quantitative estimate of drug-likeness (QED) is 0.614. The van der Waals surface area contributed by atoms with E-state index in [2.05, 4.69) is 11.8 Å². The molecule has 2 aliphatic rings. The molecule has 0 saturated carbocycles. The first kappa shape index (κ1) is 11.0. The van der Waals surface area contributed by atoms with Crippen molar-refractivity contribution in [2.24, 2.45) is 0 Å². The van der Waals surface area contributed by atoms with E-state index in [9.17, 15) is 0 Å². The highest BCUT2D eigenvalue weighted by Crippen LogP contribution is 2.19. The maximum Gasteiger partial charge on any atom is 0.0976 e. The zero-order chi connectivity index (χ0) is 9.68. The Kier molecular flexibility index (Phi) is 4.70. The number of hydrogen-bond acceptors (Lipinski definition) is 3. The molecule has 2 unspecified atom stereocenters. The number of fused-ring (bicyclic) bond motifs is 1. The zero-order valence-electron chi connectivity index (χ0n) is 8.95. The minimum absolute atomic E-state index is 0.351. The van der Waals surface area contributed by atoms with E-state index in [0.29, 0.717) is 12.2 Å². The van der Waals surface area contributed by atoms with Crippen molar-refractivity contribution in [3.63, 3.8) is 0 Å². The zero-order valence-corrected chi connectivity index (χ0v) is 8.95. The Balaban J connectivity index is 0.000000396. The van der Waals surface area contributed by atoms with Gasteiger partial charge in [-0.1, -0.05) is 20.8 Å². The lowest BCUT2D eigenvalue weighted by atomic mass is 10.2. The smallest absolute Gasteiger partial charge is 0.0976 e. The molecule has 3 heteroatoms. The second kappa shape index (κ2) is 5.58. The molecule has 0 bridgehead atoms. The van der Waals surface area contributed by atoms with Gasteiger partial charge < -0.3 is 9.47 Å². The molecule has 2 fully saturated rings. The van der Waals surface area contributed by atoms with Crippen LogP contribution < -0.4 is 0 Å². The fourth-order valence-corrected chi connectivity index (χ4v) is 1.80. The molecule has 0 spiro atoms. The lowest BCUT2D eigenvalue weighted by Crippen LogP contribution is -2.36. The highest BCUT2D eigenvalue weighted by Gasteiger charge is 2.35. The molecule has 0 radical (unpaired) electrons. The van der Waals surface area contributed by atoms with Crippen molar-refractivity contribution in [1.29, 1.82) is 0 Å². The number of likely N-dealkylation sites (tertiary alicyclic amines) is 1. The number of ether oxygens (including phenoxy) is 2. The predicted octanol–water partition coefficient (Wildman–Crippen LogP) is 1.13. The summed E-state index contributed by atoms with van der Waals surface area (Å²) in [5.74, 6) is 0. The van der Waals surface area contributed by atoms with Crippen molar-refractivity contribution in [2.75, 3.05) is 32.8 Å². The summed E-state index contributed by atoms with van der Waals surface area (Å²) >= 11 is 0. The molecule has 13 heavy (non-hydrogen) atoms. The van der Waals surface area contributed by atoms with Gasteiger partial charge in [0.1, 0.15) is 0 Å². The first-order chi connectivity index (χ1) is 6.40. The minimum Gasteiger partial charge on any atom is -0.372 e. The molecule has 2 rings (SSSR count). The second-order valence-electron chi connectivity index (χ2n) is 3.17. The van der Waals surface area contributed by atoms with Gasteiger partial charge in [-0.3, -0.25) is 4.90 Å². The van der Waals surface area contributed by atoms with E-state index in [1.54, 1.807) is 0 Å². The van der Waals surface area contributed by atoms with E-state index in [-0.39, 0.29) is 0 Å². The molecular formula is C10H21NO2. The molecule has 2 heterocycles. The molecule has 3 nitrogen and oxygen atoms in total. The van der Waals surface area contributed by atoms with Crippen LogP contribution in [0.3, 0.4) is 0 Å². The normalized spacial score (nSPS) is 33.5. The average Bonchev–Trinajstić information content (AvgIpc) is 2.63. The fourth-order valence-electron chi connectivity index (χ4n) is 1.80. The van der Waals surface area contributed by atoms with Gasteiger partial charge in [0.2, 0.25) is 0 Å². The highest BCUT2D eigenvalue weighted by atomic mass is 16.6. The molecule has 0 aliphatic carbocycles. The van der Waals surface area contributed by atoms with Crippen LogP contribution in [-0.2, 0) is 9.47 Å². The molecule has 0 amide bonds. The Morgan fingerprint density at radius 2 is 1.54 bits per heavy atom. The summed E-state index contributed by atoms with van der Waals surface area (Å²) in [6.07, 6.45) is 0.701. The van der Waals surface area contributed by atoms with Crippen molar-refractivity contribution in [3.05, 3.63) is 0 Å². The Morgan fingerprint density at radius 1 is 1.08 bits per heavy atom. The molecule has 0 aromatic rings. The van der Waals surface area contributed by atoms with Crippen molar-refractivity contribution in [1.82, 2.24) is 4.90 Å². The van der Waals surface area contributed by atoms with Gasteiger partial charge in [0.05, 0.1) is 25.4 Å². The van der Waals surface area contributed by atoms with Crippen molar-refractivity contribution < 1.29 is 9.47 Å². The van der Waals surface area contributed by atoms with Crippen LogP contribution in [0.1, 0.15) is 20.8 Å². The molecule has 2 aliphatic heterocycles. The number of nitrogens with zero attached hydrogens (tertiary/aromatic N) is 1. The van der Waals surface area contributed by atoms with Gasteiger partial charge in [-0.2, -0.15) is 0 Å². The molecule has 2 saturated heterocycles. The summed E-state index contributed by atoms with van der Waals surface area (Å²) in [4.78, 5) is 2.38. The lowest BCUT2D eigenvalue weighted by Gasteiger charge is -2.24. The molecule has 2 atom stereocenters. The first-order valence-electron chi connectivity index (χ1n) is 5.35. The summed E-state index contributed by atoms with van der Waals surface area (Å²) in [5, 5.41) is 0. The third kappa shape index (κ3) is 2.66. The van der Waals surface area contributed by atoms with Crippen LogP contribution in [0.4, 0.5) is 0 Å². The number of rotatable bonds is 1. The van der Waals surface area contributed by atoms with Crippen LogP contribution in [0.25, 0.3) is 0 Å². The van der Waals surface area contributed by atoms with Crippen LogP contribution in [0.2, 0.25) is 0 Å². The maximum atomic E-state index is 5.57. The topological polar surface area (TPSA) is 21.7 Å². The standard InChI is InChI=1S/C8H15NO2.C2H6/c1-2-9-5-7-8(6-9)11-4-3-10-7;1-2/h7-8H,2-6H2,1H3;1-2H3. The Morgan fingerprint density at radius 3 is 1.92 bits per heavy atom. The van der Waals surface area contributed by atoms with Gasteiger partial charge in [0.15, 0.2) is 0 Å². The van der Waals surface area contributed by atoms with Crippen molar-refractivity contribution >= 4 is 0 Å². The van der Waals surface area contributed by atoms with E-state index in [1.807, 2.05) is 13.8 Å². The van der Waals surface area contributed by atoms with E-state index < -0.39 is 0 Å². The molecule has 78 valence electrons. The summed E-state index contributed by atoms with van der Waals surface area (Å²) in [6, 6.07) is 0. The van der Waals surface area contributed by atoms with Crippen LogP contribution >= 0.6 is 0 Å². The number of likely N-dealkylation sites (N-methyl/N-ethyl adjacent to an activating group) is 1. The van der Waals surface area contributed by atoms with Gasteiger partial charge in [-0.05, 0) is 6.54 Å². The van der Waals surface area contributed by atoms with Gasteiger partial charge >= 0.3 is 0 Å². The van der Waals surface area contributed by atoms with E-state index in [4.69, 9.17) is 9.47 Å². The largest absolute Gasteiger partial charge is 0.372 e. The van der Waals surface area contributed by atoms with Gasteiger partial charge in [-0.25, -0.2) is 0 Å². The molecule has 0 aromatic heterocycles. The summed E-state index contributed by atoms with van der Waals surface area (Å²) in [7, 11) is 0. The van der Waals surface area contributed by atoms with Gasteiger partial charge in [-0.15, -0.1) is 0 Å². The van der Waals surface area contributed by atoms with Crippen LogP contribution in [0.15, 0.2) is 0 Å². The van der Waals surface area contributed by atoms with E-state index in [1.165, 1.54) is 0 Å². The molecular weight excluding hydrogens is 166 g/mol. The summed E-state index contributed by atoms with van der Waals surface area (Å²) in [5.41, 5.74) is 0. The lowest BCUT2D eigenvalue weighted by molar-refractivity contribution is -0.116. The van der Waals surface area contributed by atoms with E-state index in [0.717, 1.165) is 32.8 Å². The monoisotopic (exact) mass is 187 g/mol. The highest BCUT2D eigenvalue weighted by molar-refractivity contribution is 4.86. The summed E-state index contributed by atoms with van der Waals surface area (Å²) < 4.78 is 11.1. The summed E-state index contributed by atoms with van der Waals surface area (Å²) in [6.45, 7) is 11.0. The Labute approximate surface area is 81.0 Å². The number of hydrogen-bond donors (Lipinski definition) is 0. The molecule has 0 aromatic carbocycles. The van der Waals surface area contributed by atoms with Gasteiger partial charge in [0, 0.05) is 13.1 Å². The first-order valence-corrected chi connectivity index (χ1v) is 5.35. The third-order valence-electron chi connectivity index (χ3n) is 2.49. The van der Waals surface area contributed by atoms with E-state index >= 15 is 0 Å². The van der Waals surface area contributed by atoms with Crippen LogP contribution in [0.5, 0.6) is 0 Å².